The number of nitrogens with one attached hydrogen (secondary N) is 1. The molecule has 1 aliphatic heterocycles. The van der Waals surface area contributed by atoms with Gasteiger partial charge < -0.3 is 10.2 Å². The number of aryl methyl sites for hydroxylation is 4. The molecule has 0 saturated carbocycles. The second kappa shape index (κ2) is 9.27. The highest BCUT2D eigenvalue weighted by atomic mass is 32.1. The molecule has 4 rings (SSSR count). The molecule has 2 amide bonds. The monoisotopic (exact) mass is 465 g/mol. The van der Waals surface area contributed by atoms with Crippen LogP contribution in [0.3, 0.4) is 0 Å². The maximum atomic E-state index is 12.7. The Morgan fingerprint density at radius 1 is 1.12 bits per heavy atom. The molecular formula is C24H27N5O3S. The third kappa shape index (κ3) is 4.88. The predicted molar refractivity (Wildman–Crippen MR) is 128 cm³/mol. The van der Waals surface area contributed by atoms with Crippen molar-refractivity contribution in [1.82, 2.24) is 20.1 Å². The smallest absolute Gasteiger partial charge is 0.266 e. The van der Waals surface area contributed by atoms with E-state index in [0.29, 0.717) is 12.2 Å². The first kappa shape index (κ1) is 22.8. The first-order valence-corrected chi connectivity index (χ1v) is 11.7. The Labute approximate surface area is 196 Å². The molecule has 3 heterocycles. The normalized spacial score (nSPS) is 15.8. The van der Waals surface area contributed by atoms with Crippen molar-refractivity contribution < 1.29 is 9.59 Å². The molecule has 1 saturated heterocycles. The average molecular weight is 466 g/mol. The van der Waals surface area contributed by atoms with E-state index in [2.05, 4.69) is 15.4 Å². The van der Waals surface area contributed by atoms with Crippen LogP contribution in [0.1, 0.15) is 28.2 Å². The number of carbonyl (C=O) groups excluding carboxylic acids is 2. The molecule has 0 aliphatic carbocycles. The summed E-state index contributed by atoms with van der Waals surface area (Å²) in [4.78, 5) is 44.5. The molecule has 1 aliphatic rings. The standard InChI is InChI=1S/C24H27N5O3S/c1-14-5-6-19(11-15(14)2)28-13-18(12-22(28)31)24(32)25-9-10-29-21(30)8-7-20(27-29)23-16(3)26-17(4)33-23/h5-8,11,18H,9-10,12-13H2,1-4H3,(H,25,32). The third-order valence-electron chi connectivity index (χ3n) is 5.92. The quantitative estimate of drug-likeness (QED) is 0.604. The largest absolute Gasteiger partial charge is 0.354 e. The fourth-order valence-corrected chi connectivity index (χ4v) is 4.84. The summed E-state index contributed by atoms with van der Waals surface area (Å²) in [5, 5.41) is 8.25. The van der Waals surface area contributed by atoms with E-state index in [0.717, 1.165) is 32.4 Å². The highest BCUT2D eigenvalue weighted by Crippen LogP contribution is 2.28. The van der Waals surface area contributed by atoms with Crippen molar-refractivity contribution >= 4 is 28.8 Å². The first-order chi connectivity index (χ1) is 15.7. The number of benzene rings is 1. The molecule has 1 aromatic carbocycles. The van der Waals surface area contributed by atoms with E-state index >= 15 is 0 Å². The Hall–Kier alpha value is -3.33. The van der Waals surface area contributed by atoms with Crippen LogP contribution in [-0.4, -0.2) is 39.7 Å². The Morgan fingerprint density at radius 3 is 2.61 bits per heavy atom. The lowest BCUT2D eigenvalue weighted by atomic mass is 10.1. The molecule has 0 bridgehead atoms. The van der Waals surface area contributed by atoms with Gasteiger partial charge in [-0.2, -0.15) is 5.10 Å². The number of nitrogens with zero attached hydrogens (tertiary/aromatic N) is 4. The minimum Gasteiger partial charge on any atom is -0.354 e. The fourth-order valence-electron chi connectivity index (χ4n) is 3.95. The number of aromatic nitrogens is 3. The Morgan fingerprint density at radius 2 is 1.91 bits per heavy atom. The minimum atomic E-state index is -0.419. The molecule has 172 valence electrons. The summed E-state index contributed by atoms with van der Waals surface area (Å²) in [6.07, 6.45) is 0.177. The summed E-state index contributed by atoms with van der Waals surface area (Å²) < 4.78 is 1.35. The van der Waals surface area contributed by atoms with E-state index in [-0.39, 0.29) is 36.9 Å². The molecule has 0 radical (unpaired) electrons. The van der Waals surface area contributed by atoms with E-state index in [1.807, 2.05) is 45.9 Å². The number of thiazole rings is 1. The summed E-state index contributed by atoms with van der Waals surface area (Å²) in [7, 11) is 0. The van der Waals surface area contributed by atoms with Crippen LogP contribution < -0.4 is 15.8 Å². The van der Waals surface area contributed by atoms with Crippen molar-refractivity contribution in [2.45, 2.75) is 40.7 Å². The summed E-state index contributed by atoms with van der Waals surface area (Å²) in [6.45, 7) is 8.73. The van der Waals surface area contributed by atoms with Crippen molar-refractivity contribution in [3.05, 3.63) is 62.5 Å². The lowest BCUT2D eigenvalue weighted by Gasteiger charge is -2.18. The van der Waals surface area contributed by atoms with Crippen LogP contribution in [0.5, 0.6) is 0 Å². The van der Waals surface area contributed by atoms with Crippen molar-refractivity contribution in [3.63, 3.8) is 0 Å². The average Bonchev–Trinajstić information content (AvgIpc) is 3.33. The Bertz CT molecular complexity index is 1280. The van der Waals surface area contributed by atoms with Crippen LogP contribution in [0.2, 0.25) is 0 Å². The van der Waals surface area contributed by atoms with Gasteiger partial charge in [-0.3, -0.25) is 14.4 Å². The molecule has 1 unspecified atom stereocenters. The topological polar surface area (TPSA) is 97.2 Å². The summed E-state index contributed by atoms with van der Waals surface area (Å²) in [6, 6.07) is 9.06. The number of amides is 2. The molecular weight excluding hydrogens is 438 g/mol. The number of hydrogen-bond acceptors (Lipinski definition) is 6. The number of carbonyl (C=O) groups is 2. The number of hydrogen-bond donors (Lipinski definition) is 1. The van der Waals surface area contributed by atoms with E-state index in [1.54, 1.807) is 11.0 Å². The van der Waals surface area contributed by atoms with E-state index in [9.17, 15) is 14.4 Å². The second-order valence-corrected chi connectivity index (χ2v) is 9.60. The molecule has 1 fully saturated rings. The van der Waals surface area contributed by atoms with Gasteiger partial charge >= 0.3 is 0 Å². The van der Waals surface area contributed by atoms with Gasteiger partial charge in [0.15, 0.2) is 0 Å². The van der Waals surface area contributed by atoms with Gasteiger partial charge in [-0.25, -0.2) is 9.67 Å². The molecule has 1 atom stereocenters. The maximum absolute atomic E-state index is 12.7. The van der Waals surface area contributed by atoms with Crippen LogP contribution >= 0.6 is 11.3 Å². The summed E-state index contributed by atoms with van der Waals surface area (Å²) in [5.41, 5.74) is 4.42. The Balaban J connectivity index is 1.37. The van der Waals surface area contributed by atoms with Gasteiger partial charge in [-0.15, -0.1) is 11.3 Å². The zero-order chi connectivity index (χ0) is 23.7. The van der Waals surface area contributed by atoms with Gasteiger partial charge in [-0.05, 0) is 57.0 Å². The molecule has 8 nitrogen and oxygen atoms in total. The molecule has 9 heteroatoms. The lowest BCUT2D eigenvalue weighted by Crippen LogP contribution is -2.36. The highest BCUT2D eigenvalue weighted by molar-refractivity contribution is 7.15. The molecule has 2 aromatic heterocycles. The molecule has 1 N–H and O–H groups in total. The van der Waals surface area contributed by atoms with Crippen molar-refractivity contribution in [2.75, 3.05) is 18.0 Å². The predicted octanol–water partition coefficient (Wildman–Crippen LogP) is 2.77. The van der Waals surface area contributed by atoms with Crippen LogP contribution in [0, 0.1) is 33.6 Å². The summed E-state index contributed by atoms with van der Waals surface area (Å²) >= 11 is 1.53. The highest BCUT2D eigenvalue weighted by Gasteiger charge is 2.35. The summed E-state index contributed by atoms with van der Waals surface area (Å²) in [5.74, 6) is -0.662. The van der Waals surface area contributed by atoms with Gasteiger partial charge in [0.2, 0.25) is 11.8 Å². The van der Waals surface area contributed by atoms with Crippen LogP contribution in [0.4, 0.5) is 5.69 Å². The Kier molecular flexibility index (Phi) is 6.42. The zero-order valence-corrected chi connectivity index (χ0v) is 20.0. The zero-order valence-electron chi connectivity index (χ0n) is 19.2. The van der Waals surface area contributed by atoms with Crippen molar-refractivity contribution in [2.24, 2.45) is 5.92 Å². The van der Waals surface area contributed by atoms with Gasteiger partial charge in [0, 0.05) is 31.3 Å². The lowest BCUT2D eigenvalue weighted by molar-refractivity contribution is -0.126. The second-order valence-electron chi connectivity index (χ2n) is 8.39. The molecule has 3 aromatic rings. The van der Waals surface area contributed by atoms with Gasteiger partial charge in [-0.1, -0.05) is 6.07 Å². The van der Waals surface area contributed by atoms with Gasteiger partial charge in [0.05, 0.1) is 28.0 Å². The maximum Gasteiger partial charge on any atom is 0.266 e. The number of anilines is 1. The minimum absolute atomic E-state index is 0.0563. The van der Waals surface area contributed by atoms with E-state index < -0.39 is 5.92 Å². The van der Waals surface area contributed by atoms with Crippen LogP contribution in [0.25, 0.3) is 10.6 Å². The van der Waals surface area contributed by atoms with Crippen LogP contribution in [-0.2, 0) is 16.1 Å². The first-order valence-electron chi connectivity index (χ1n) is 10.9. The van der Waals surface area contributed by atoms with Gasteiger partial charge in [0.1, 0.15) is 5.69 Å². The van der Waals surface area contributed by atoms with E-state index in [4.69, 9.17) is 0 Å². The number of rotatable bonds is 6. The van der Waals surface area contributed by atoms with E-state index in [1.165, 1.54) is 22.1 Å². The van der Waals surface area contributed by atoms with Crippen molar-refractivity contribution in [1.29, 1.82) is 0 Å². The molecule has 0 spiro atoms. The van der Waals surface area contributed by atoms with Crippen LogP contribution in [0.15, 0.2) is 35.1 Å². The van der Waals surface area contributed by atoms with Gasteiger partial charge in [0.25, 0.3) is 5.56 Å². The third-order valence-corrected chi connectivity index (χ3v) is 7.02. The fraction of sp³-hybridized carbons (Fsp3) is 0.375. The molecule has 33 heavy (non-hydrogen) atoms. The SMILES string of the molecule is Cc1nc(C)c(-c2ccc(=O)n(CCNC(=O)C3CC(=O)N(c4ccc(C)c(C)c4)C3)n2)s1. The van der Waals surface area contributed by atoms with Crippen molar-refractivity contribution in [3.8, 4) is 10.6 Å².